The van der Waals surface area contributed by atoms with E-state index in [1.54, 1.807) is 30.3 Å². The SMILES string of the molecule is O=C(/C=C/c1c(Cl)nc2sccn12)c1ccccc1Cl. The number of imidazole rings is 1. The summed E-state index contributed by atoms with van der Waals surface area (Å²) in [6.45, 7) is 0. The minimum atomic E-state index is -0.170. The normalized spacial score (nSPS) is 11.5. The number of nitrogens with zero attached hydrogens (tertiary/aromatic N) is 2. The van der Waals surface area contributed by atoms with Gasteiger partial charge in [-0.05, 0) is 24.3 Å². The molecule has 0 aliphatic carbocycles. The van der Waals surface area contributed by atoms with Crippen molar-refractivity contribution in [2.75, 3.05) is 0 Å². The van der Waals surface area contributed by atoms with Crippen molar-refractivity contribution >= 4 is 51.4 Å². The molecule has 3 rings (SSSR count). The molecule has 100 valence electrons. The Hall–Kier alpha value is -1.62. The first-order valence-electron chi connectivity index (χ1n) is 5.75. The average Bonchev–Trinajstić information content (AvgIpc) is 2.97. The zero-order valence-electron chi connectivity index (χ0n) is 10.1. The maximum absolute atomic E-state index is 12.1. The fourth-order valence-corrected chi connectivity index (χ4v) is 3.07. The fraction of sp³-hybridized carbons (Fsp3) is 0. The van der Waals surface area contributed by atoms with Crippen LogP contribution in [-0.2, 0) is 0 Å². The van der Waals surface area contributed by atoms with E-state index in [1.165, 1.54) is 17.4 Å². The van der Waals surface area contributed by atoms with E-state index in [2.05, 4.69) is 4.98 Å². The highest BCUT2D eigenvalue weighted by molar-refractivity contribution is 7.15. The molecule has 3 nitrogen and oxygen atoms in total. The topological polar surface area (TPSA) is 34.4 Å². The number of halogens is 2. The van der Waals surface area contributed by atoms with Gasteiger partial charge in [0.05, 0.1) is 10.7 Å². The molecule has 0 unspecified atom stereocenters. The summed E-state index contributed by atoms with van der Waals surface area (Å²) in [4.78, 5) is 17.1. The Balaban J connectivity index is 1.94. The van der Waals surface area contributed by atoms with Gasteiger partial charge >= 0.3 is 0 Å². The molecule has 0 amide bonds. The highest BCUT2D eigenvalue weighted by Crippen LogP contribution is 2.23. The van der Waals surface area contributed by atoms with Gasteiger partial charge in [-0.1, -0.05) is 35.3 Å². The Morgan fingerprint density at radius 1 is 1.30 bits per heavy atom. The molecule has 0 aliphatic rings. The van der Waals surface area contributed by atoms with Crippen LogP contribution in [0.5, 0.6) is 0 Å². The van der Waals surface area contributed by atoms with Crippen LogP contribution in [0.3, 0.4) is 0 Å². The van der Waals surface area contributed by atoms with Crippen molar-refractivity contribution < 1.29 is 4.79 Å². The number of aromatic nitrogens is 2. The van der Waals surface area contributed by atoms with Gasteiger partial charge in [-0.3, -0.25) is 9.20 Å². The van der Waals surface area contributed by atoms with Crippen LogP contribution >= 0.6 is 34.5 Å². The van der Waals surface area contributed by atoms with Crippen LogP contribution in [0.4, 0.5) is 0 Å². The average molecular weight is 323 g/mol. The van der Waals surface area contributed by atoms with Crippen LogP contribution < -0.4 is 0 Å². The number of carbonyl (C=O) groups excluding carboxylic acids is 1. The van der Waals surface area contributed by atoms with Gasteiger partial charge in [-0.25, -0.2) is 4.98 Å². The summed E-state index contributed by atoms with van der Waals surface area (Å²) in [7, 11) is 0. The highest BCUT2D eigenvalue weighted by atomic mass is 35.5. The summed E-state index contributed by atoms with van der Waals surface area (Å²) < 4.78 is 1.84. The van der Waals surface area contributed by atoms with Crippen LogP contribution in [0, 0.1) is 0 Å². The molecular formula is C14H8Cl2N2OS. The van der Waals surface area contributed by atoms with E-state index in [0.29, 0.717) is 21.4 Å². The summed E-state index contributed by atoms with van der Waals surface area (Å²) in [5.41, 5.74) is 1.15. The standard InChI is InChI=1S/C14H8Cl2N2OS/c15-10-4-2-1-3-9(10)12(19)6-5-11-13(16)17-14-18(11)7-8-20-14/h1-8H/b6-5+. The lowest BCUT2D eigenvalue weighted by atomic mass is 10.1. The Labute approximate surface area is 129 Å². The summed E-state index contributed by atoms with van der Waals surface area (Å²) >= 11 is 13.5. The third kappa shape index (κ3) is 2.38. The Morgan fingerprint density at radius 3 is 2.90 bits per heavy atom. The van der Waals surface area contributed by atoms with E-state index in [9.17, 15) is 4.79 Å². The molecule has 0 fully saturated rings. The lowest BCUT2D eigenvalue weighted by Gasteiger charge is -1.98. The quantitative estimate of drug-likeness (QED) is 0.521. The number of ketones is 1. The predicted octanol–water partition coefficient (Wildman–Crippen LogP) is 4.60. The van der Waals surface area contributed by atoms with Gasteiger partial charge in [0.1, 0.15) is 0 Å². The van der Waals surface area contributed by atoms with E-state index in [1.807, 2.05) is 16.0 Å². The third-order valence-electron chi connectivity index (χ3n) is 2.79. The molecule has 20 heavy (non-hydrogen) atoms. The summed E-state index contributed by atoms with van der Waals surface area (Å²) in [6, 6.07) is 6.93. The first kappa shape index (κ1) is 13.4. The second-order valence-electron chi connectivity index (χ2n) is 4.02. The minimum absolute atomic E-state index is 0.170. The molecule has 2 aromatic heterocycles. The van der Waals surface area contributed by atoms with E-state index in [-0.39, 0.29) is 5.78 Å². The second kappa shape index (κ2) is 5.40. The zero-order chi connectivity index (χ0) is 14.1. The van der Waals surface area contributed by atoms with Crippen LogP contribution in [0.25, 0.3) is 11.0 Å². The van der Waals surface area contributed by atoms with Crippen molar-refractivity contribution in [3.8, 4) is 0 Å². The van der Waals surface area contributed by atoms with Crippen molar-refractivity contribution in [2.45, 2.75) is 0 Å². The molecule has 1 aromatic carbocycles. The van der Waals surface area contributed by atoms with Crippen molar-refractivity contribution in [1.29, 1.82) is 0 Å². The Kier molecular flexibility index (Phi) is 3.61. The number of carbonyl (C=O) groups is 1. The second-order valence-corrected chi connectivity index (χ2v) is 5.66. The number of fused-ring (bicyclic) bond motifs is 1. The lowest BCUT2D eigenvalue weighted by molar-refractivity contribution is 0.104. The maximum Gasteiger partial charge on any atom is 0.195 e. The van der Waals surface area contributed by atoms with E-state index < -0.39 is 0 Å². The number of hydrogen-bond donors (Lipinski definition) is 0. The molecule has 0 radical (unpaired) electrons. The van der Waals surface area contributed by atoms with Crippen LogP contribution in [0.2, 0.25) is 10.2 Å². The van der Waals surface area contributed by atoms with Gasteiger partial charge in [0.15, 0.2) is 15.9 Å². The first-order valence-corrected chi connectivity index (χ1v) is 7.38. The number of allylic oxidation sites excluding steroid dienone is 1. The molecule has 2 heterocycles. The third-order valence-corrected chi connectivity index (χ3v) is 4.15. The smallest absolute Gasteiger partial charge is 0.195 e. The summed E-state index contributed by atoms with van der Waals surface area (Å²) in [5.74, 6) is -0.170. The summed E-state index contributed by atoms with van der Waals surface area (Å²) in [6.07, 6.45) is 4.97. The molecule has 0 bridgehead atoms. The lowest BCUT2D eigenvalue weighted by Crippen LogP contribution is -1.95. The van der Waals surface area contributed by atoms with Gasteiger partial charge in [-0.2, -0.15) is 0 Å². The zero-order valence-corrected chi connectivity index (χ0v) is 12.4. The van der Waals surface area contributed by atoms with Crippen molar-refractivity contribution in [3.05, 3.63) is 63.4 Å². The molecule has 3 aromatic rings. The number of hydrogen-bond acceptors (Lipinski definition) is 3. The monoisotopic (exact) mass is 322 g/mol. The molecule has 0 aliphatic heterocycles. The van der Waals surface area contributed by atoms with Gasteiger partial charge in [0.2, 0.25) is 0 Å². The van der Waals surface area contributed by atoms with Crippen molar-refractivity contribution in [1.82, 2.24) is 9.38 Å². The molecule has 0 spiro atoms. The van der Waals surface area contributed by atoms with E-state index >= 15 is 0 Å². The Bertz CT molecular complexity index is 820. The van der Waals surface area contributed by atoms with Crippen LogP contribution in [0.1, 0.15) is 16.1 Å². The van der Waals surface area contributed by atoms with Crippen LogP contribution in [-0.4, -0.2) is 15.2 Å². The van der Waals surface area contributed by atoms with E-state index in [0.717, 1.165) is 4.96 Å². The van der Waals surface area contributed by atoms with Crippen LogP contribution in [0.15, 0.2) is 41.9 Å². The molecule has 0 saturated carbocycles. The van der Waals surface area contributed by atoms with Gasteiger partial charge < -0.3 is 0 Å². The maximum atomic E-state index is 12.1. The molecule has 0 saturated heterocycles. The largest absolute Gasteiger partial charge is 0.289 e. The number of benzene rings is 1. The first-order chi connectivity index (χ1) is 9.66. The predicted molar refractivity (Wildman–Crippen MR) is 82.9 cm³/mol. The highest BCUT2D eigenvalue weighted by Gasteiger charge is 2.10. The molecule has 6 heteroatoms. The molecule has 0 N–H and O–H groups in total. The van der Waals surface area contributed by atoms with Crippen molar-refractivity contribution in [3.63, 3.8) is 0 Å². The van der Waals surface area contributed by atoms with Crippen molar-refractivity contribution in [2.24, 2.45) is 0 Å². The summed E-state index contributed by atoms with van der Waals surface area (Å²) in [5, 5.41) is 2.72. The fourth-order valence-electron chi connectivity index (χ4n) is 1.83. The number of thiazole rings is 1. The molecular weight excluding hydrogens is 315 g/mol. The van der Waals surface area contributed by atoms with Gasteiger partial charge in [0, 0.05) is 17.1 Å². The number of rotatable bonds is 3. The van der Waals surface area contributed by atoms with Gasteiger partial charge in [0.25, 0.3) is 0 Å². The van der Waals surface area contributed by atoms with E-state index in [4.69, 9.17) is 23.2 Å². The molecule has 0 atom stereocenters. The van der Waals surface area contributed by atoms with Gasteiger partial charge in [-0.15, -0.1) is 11.3 Å². The minimum Gasteiger partial charge on any atom is -0.289 e. The Morgan fingerprint density at radius 2 is 2.10 bits per heavy atom.